The van der Waals surface area contributed by atoms with Gasteiger partial charge in [0.05, 0.1) is 6.54 Å². The normalized spacial score (nSPS) is 17.2. The summed E-state index contributed by atoms with van der Waals surface area (Å²) in [6, 6.07) is 3.99. The molecule has 0 radical (unpaired) electrons. The zero-order valence-electron chi connectivity index (χ0n) is 8.36. The van der Waals surface area contributed by atoms with Gasteiger partial charge in [-0.15, -0.1) is 0 Å². The highest BCUT2D eigenvalue weighted by atomic mass is 16.1. The fraction of sp³-hybridized carbons (Fsp3) is 0.455. The number of Topliss-reactive ketones (excluding diaryl/α,β-unsaturated/α-hetero) is 1. The molecule has 1 aromatic heterocycles. The Hall–Kier alpha value is -1.38. The summed E-state index contributed by atoms with van der Waals surface area (Å²) in [4.78, 5) is 17.5. The lowest BCUT2D eigenvalue weighted by atomic mass is 10.1. The van der Waals surface area contributed by atoms with Crippen LogP contribution in [0.15, 0.2) is 18.3 Å². The van der Waals surface area contributed by atoms with Crippen molar-refractivity contribution in [2.45, 2.75) is 19.8 Å². The highest BCUT2D eigenvalue weighted by Crippen LogP contribution is 2.18. The summed E-state index contributed by atoms with van der Waals surface area (Å²) >= 11 is 0. The molecule has 14 heavy (non-hydrogen) atoms. The number of nitrogens with zero attached hydrogens (tertiary/aromatic N) is 2. The van der Waals surface area contributed by atoms with E-state index < -0.39 is 0 Å². The summed E-state index contributed by atoms with van der Waals surface area (Å²) in [6.07, 6.45) is 3.50. The van der Waals surface area contributed by atoms with Crippen LogP contribution in [-0.4, -0.2) is 23.9 Å². The summed E-state index contributed by atoms with van der Waals surface area (Å²) in [5.74, 6) is 0.339. The maximum Gasteiger partial charge on any atom is 0.152 e. The first-order chi connectivity index (χ1) is 6.75. The van der Waals surface area contributed by atoms with Crippen molar-refractivity contribution >= 4 is 11.5 Å². The van der Waals surface area contributed by atoms with Gasteiger partial charge in [-0.2, -0.15) is 0 Å². The summed E-state index contributed by atoms with van der Waals surface area (Å²) in [5.41, 5.74) is 2.12. The van der Waals surface area contributed by atoms with Crippen molar-refractivity contribution in [1.82, 2.24) is 4.98 Å². The molecule has 0 aliphatic carbocycles. The summed E-state index contributed by atoms with van der Waals surface area (Å²) in [6.45, 7) is 3.51. The predicted molar refractivity (Wildman–Crippen MR) is 55.4 cm³/mol. The van der Waals surface area contributed by atoms with Crippen LogP contribution >= 0.6 is 0 Å². The van der Waals surface area contributed by atoms with Crippen molar-refractivity contribution in [3.8, 4) is 0 Å². The number of aryl methyl sites for hydroxylation is 1. The van der Waals surface area contributed by atoms with E-state index in [9.17, 15) is 4.79 Å². The van der Waals surface area contributed by atoms with Gasteiger partial charge in [-0.05, 0) is 25.5 Å². The van der Waals surface area contributed by atoms with E-state index in [4.69, 9.17) is 0 Å². The van der Waals surface area contributed by atoms with Crippen LogP contribution in [0.2, 0.25) is 0 Å². The van der Waals surface area contributed by atoms with Crippen LogP contribution in [0.3, 0.4) is 0 Å². The summed E-state index contributed by atoms with van der Waals surface area (Å²) in [5, 5.41) is 0. The van der Waals surface area contributed by atoms with Crippen LogP contribution in [0.4, 0.5) is 5.69 Å². The average molecular weight is 190 g/mol. The number of pyridine rings is 1. The van der Waals surface area contributed by atoms with Gasteiger partial charge in [-0.1, -0.05) is 0 Å². The van der Waals surface area contributed by atoms with Crippen molar-refractivity contribution < 1.29 is 4.79 Å². The number of carbonyl (C=O) groups excluding carboxylic acids is 1. The Morgan fingerprint density at radius 2 is 2.36 bits per heavy atom. The first-order valence-electron chi connectivity index (χ1n) is 4.95. The maximum atomic E-state index is 11.3. The Morgan fingerprint density at radius 1 is 1.50 bits per heavy atom. The van der Waals surface area contributed by atoms with Gasteiger partial charge in [-0.25, -0.2) is 0 Å². The molecule has 1 fully saturated rings. The van der Waals surface area contributed by atoms with Gasteiger partial charge in [0, 0.05) is 30.5 Å². The number of aromatic nitrogens is 1. The second kappa shape index (κ2) is 3.78. The SMILES string of the molecule is Cc1cc(N2CCCC(=O)C2)ccn1. The summed E-state index contributed by atoms with van der Waals surface area (Å²) in [7, 11) is 0. The number of carbonyl (C=O) groups is 1. The number of anilines is 1. The molecule has 1 aliphatic heterocycles. The molecule has 0 unspecified atom stereocenters. The highest BCUT2D eigenvalue weighted by Gasteiger charge is 2.16. The molecule has 0 amide bonds. The molecule has 2 rings (SSSR count). The molecule has 0 atom stereocenters. The minimum Gasteiger partial charge on any atom is -0.364 e. The fourth-order valence-corrected chi connectivity index (χ4v) is 1.79. The standard InChI is InChI=1S/C11H14N2O/c1-9-7-10(4-5-12-9)13-6-2-3-11(14)8-13/h4-5,7H,2-3,6,8H2,1H3. The average Bonchev–Trinajstić information content (AvgIpc) is 2.18. The van der Waals surface area contributed by atoms with E-state index in [0.717, 1.165) is 30.8 Å². The van der Waals surface area contributed by atoms with Gasteiger partial charge in [0.15, 0.2) is 5.78 Å². The molecular formula is C11H14N2O. The van der Waals surface area contributed by atoms with E-state index in [1.807, 2.05) is 19.1 Å². The van der Waals surface area contributed by atoms with Gasteiger partial charge in [0.1, 0.15) is 0 Å². The third-order valence-corrected chi connectivity index (χ3v) is 2.50. The van der Waals surface area contributed by atoms with Crippen LogP contribution in [-0.2, 0) is 4.79 Å². The molecule has 0 spiro atoms. The van der Waals surface area contributed by atoms with Crippen LogP contribution in [0.5, 0.6) is 0 Å². The Kier molecular flexibility index (Phi) is 2.48. The Bertz CT molecular complexity index is 349. The van der Waals surface area contributed by atoms with Crippen LogP contribution in [0, 0.1) is 6.92 Å². The van der Waals surface area contributed by atoms with Crippen molar-refractivity contribution in [2.75, 3.05) is 18.0 Å². The van der Waals surface area contributed by atoms with Gasteiger partial charge in [0.25, 0.3) is 0 Å². The topological polar surface area (TPSA) is 33.2 Å². The molecule has 74 valence electrons. The van der Waals surface area contributed by atoms with Gasteiger partial charge >= 0.3 is 0 Å². The second-order valence-electron chi connectivity index (χ2n) is 3.72. The minimum absolute atomic E-state index is 0.339. The quantitative estimate of drug-likeness (QED) is 0.673. The fourth-order valence-electron chi connectivity index (χ4n) is 1.79. The first-order valence-corrected chi connectivity index (χ1v) is 4.95. The molecule has 0 N–H and O–H groups in total. The Labute approximate surface area is 83.8 Å². The van der Waals surface area contributed by atoms with Crippen molar-refractivity contribution in [3.63, 3.8) is 0 Å². The largest absolute Gasteiger partial charge is 0.364 e. The molecule has 3 heteroatoms. The number of hydrogen-bond acceptors (Lipinski definition) is 3. The molecule has 1 aromatic rings. The molecule has 2 heterocycles. The minimum atomic E-state index is 0.339. The Balaban J connectivity index is 2.17. The van der Waals surface area contributed by atoms with Crippen molar-refractivity contribution in [2.24, 2.45) is 0 Å². The molecule has 1 saturated heterocycles. The lowest BCUT2D eigenvalue weighted by Crippen LogP contribution is -2.35. The lowest BCUT2D eigenvalue weighted by molar-refractivity contribution is -0.118. The van der Waals surface area contributed by atoms with E-state index in [-0.39, 0.29) is 0 Å². The van der Waals surface area contributed by atoms with Gasteiger partial charge in [0.2, 0.25) is 0 Å². The van der Waals surface area contributed by atoms with E-state index in [0.29, 0.717) is 12.3 Å². The second-order valence-corrected chi connectivity index (χ2v) is 3.72. The smallest absolute Gasteiger partial charge is 0.152 e. The molecule has 3 nitrogen and oxygen atoms in total. The number of rotatable bonds is 1. The van der Waals surface area contributed by atoms with Crippen LogP contribution in [0.1, 0.15) is 18.5 Å². The lowest BCUT2D eigenvalue weighted by Gasteiger charge is -2.27. The number of hydrogen-bond donors (Lipinski definition) is 0. The maximum absolute atomic E-state index is 11.3. The van der Waals surface area contributed by atoms with Gasteiger partial charge in [-0.3, -0.25) is 9.78 Å². The third-order valence-electron chi connectivity index (χ3n) is 2.50. The first kappa shape index (κ1) is 9.19. The van der Waals surface area contributed by atoms with E-state index in [1.165, 1.54) is 0 Å². The monoisotopic (exact) mass is 190 g/mol. The van der Waals surface area contributed by atoms with E-state index in [1.54, 1.807) is 6.20 Å². The highest BCUT2D eigenvalue weighted by molar-refractivity contribution is 5.84. The summed E-state index contributed by atoms with van der Waals surface area (Å²) < 4.78 is 0. The number of ketones is 1. The third kappa shape index (κ3) is 1.92. The van der Waals surface area contributed by atoms with E-state index >= 15 is 0 Å². The van der Waals surface area contributed by atoms with Crippen LogP contribution < -0.4 is 4.90 Å². The Morgan fingerprint density at radius 3 is 3.07 bits per heavy atom. The zero-order valence-corrected chi connectivity index (χ0v) is 8.36. The molecule has 1 aliphatic rings. The van der Waals surface area contributed by atoms with E-state index in [2.05, 4.69) is 9.88 Å². The van der Waals surface area contributed by atoms with Gasteiger partial charge < -0.3 is 4.90 Å². The zero-order chi connectivity index (χ0) is 9.97. The van der Waals surface area contributed by atoms with Crippen molar-refractivity contribution in [3.05, 3.63) is 24.0 Å². The molecular weight excluding hydrogens is 176 g/mol. The molecule has 0 bridgehead atoms. The predicted octanol–water partition coefficient (Wildman–Crippen LogP) is 1.56. The van der Waals surface area contributed by atoms with Crippen LogP contribution in [0.25, 0.3) is 0 Å². The molecule has 0 aromatic carbocycles. The molecule has 0 saturated carbocycles. The number of piperidine rings is 1. The van der Waals surface area contributed by atoms with Crippen molar-refractivity contribution in [1.29, 1.82) is 0 Å².